The molecule has 0 radical (unpaired) electrons. The average Bonchev–Trinajstić information content (AvgIpc) is 3.02. The van der Waals surface area contributed by atoms with Gasteiger partial charge in [-0.25, -0.2) is 0 Å². The van der Waals surface area contributed by atoms with Crippen LogP contribution in [0.4, 0.5) is 0 Å². The topological polar surface area (TPSA) is 80.3 Å². The molecule has 0 atom stereocenters. The Morgan fingerprint density at radius 3 is 0.756 bits per heavy atom. The van der Waals surface area contributed by atoms with E-state index in [0.29, 0.717) is 0 Å². The molecule has 0 aliphatic heterocycles. The number of aliphatic carboxylic acids is 2. The molecule has 0 unspecified atom stereocenters. The Balaban J connectivity index is -0.000000592. The Bertz CT molecular complexity index is 494. The molecule has 268 valence electrons. The van der Waals surface area contributed by atoms with E-state index in [-0.39, 0.29) is 34.0 Å². The van der Waals surface area contributed by atoms with Gasteiger partial charge in [-0.3, -0.25) is 0 Å². The first-order valence-corrected chi connectivity index (χ1v) is 24.1. The number of hydrogen-bond acceptors (Lipinski definition) is 4. The van der Waals surface area contributed by atoms with Gasteiger partial charge in [-0.1, -0.05) is 117 Å². The normalized spacial score (nSPS) is 10.4. The summed E-state index contributed by atoms with van der Waals surface area (Å²) >= 11 is 0.0736. The van der Waals surface area contributed by atoms with E-state index < -0.39 is 11.9 Å². The molecule has 0 aromatic heterocycles. The second-order valence-corrected chi connectivity index (χ2v) is 17.5. The van der Waals surface area contributed by atoms with Crippen molar-refractivity contribution in [2.24, 2.45) is 0 Å². The van der Waals surface area contributed by atoms with E-state index in [4.69, 9.17) is 0 Å². The molecule has 0 spiro atoms. The minimum atomic E-state index is -0.909. The van der Waals surface area contributed by atoms with Crippen LogP contribution in [0.25, 0.3) is 0 Å². The number of carboxylic acids is 2. The van der Waals surface area contributed by atoms with Crippen molar-refractivity contribution in [3.8, 4) is 0 Å². The Hall–Kier alpha value is -0.261. The summed E-state index contributed by atoms with van der Waals surface area (Å²) in [7, 11) is 0. The molecule has 4 nitrogen and oxygen atoms in total. The minimum absolute atomic E-state index is 0.0736. The van der Waals surface area contributed by atoms with Crippen molar-refractivity contribution in [2.45, 2.75) is 242 Å². The van der Waals surface area contributed by atoms with Gasteiger partial charge < -0.3 is 19.8 Å². The van der Waals surface area contributed by atoms with Crippen LogP contribution in [0, 0.1) is 0 Å². The summed E-state index contributed by atoms with van der Waals surface area (Å²) in [5, 5.41) is 20.2. The van der Waals surface area contributed by atoms with Crippen LogP contribution in [0.1, 0.15) is 233 Å². The SMILES string of the molecule is CCCCCCCCCCCC(=O)[O-].CCCCCCCCCCCC(=O)[O-].CCCCCCC[CH2][Sn+2][CH2]CCCCCCC. The van der Waals surface area contributed by atoms with Gasteiger partial charge in [0, 0.05) is 11.9 Å². The fourth-order valence-electron chi connectivity index (χ4n) is 5.35. The van der Waals surface area contributed by atoms with E-state index in [1.807, 2.05) is 0 Å². The third kappa shape index (κ3) is 59.7. The number of hydrogen-bond donors (Lipinski definition) is 0. The Labute approximate surface area is 293 Å². The van der Waals surface area contributed by atoms with Gasteiger partial charge in [-0.15, -0.1) is 0 Å². The molecule has 0 aliphatic carbocycles. The Morgan fingerprint density at radius 2 is 0.533 bits per heavy atom. The molecule has 0 saturated carbocycles. The second kappa shape index (κ2) is 48.1. The summed E-state index contributed by atoms with van der Waals surface area (Å²) in [5.74, 6) is -1.82. The fraction of sp³-hybridized carbons (Fsp3) is 0.950. The molecule has 0 amide bonds. The van der Waals surface area contributed by atoms with Crippen molar-refractivity contribution in [1.82, 2.24) is 0 Å². The average molecular weight is 744 g/mol. The quantitative estimate of drug-likeness (QED) is 0.0485. The van der Waals surface area contributed by atoms with Crippen molar-refractivity contribution in [3.05, 3.63) is 0 Å². The monoisotopic (exact) mass is 745 g/mol. The number of carbonyl (C=O) groups is 2. The molecular formula is C40H80O4Sn. The zero-order valence-electron chi connectivity index (χ0n) is 31.2. The molecule has 0 bridgehead atoms. The molecule has 0 aromatic carbocycles. The Kier molecular flexibility index (Phi) is 52.6. The van der Waals surface area contributed by atoms with E-state index in [0.717, 1.165) is 25.7 Å². The van der Waals surface area contributed by atoms with Gasteiger partial charge in [0.25, 0.3) is 0 Å². The first-order valence-electron chi connectivity index (χ1n) is 20.1. The van der Waals surface area contributed by atoms with Crippen molar-refractivity contribution < 1.29 is 19.8 Å². The van der Waals surface area contributed by atoms with Crippen LogP contribution in [-0.4, -0.2) is 33.1 Å². The third-order valence-electron chi connectivity index (χ3n) is 8.38. The molecule has 45 heavy (non-hydrogen) atoms. The molecule has 0 aromatic rings. The molecule has 0 N–H and O–H groups in total. The summed E-state index contributed by atoms with van der Waals surface area (Å²) in [6.07, 6.45) is 40.2. The number of carbonyl (C=O) groups excluding carboxylic acids is 2. The number of carboxylic acid groups (broad SMARTS) is 2. The van der Waals surface area contributed by atoms with Crippen molar-refractivity contribution in [1.29, 1.82) is 0 Å². The van der Waals surface area contributed by atoms with Crippen LogP contribution >= 0.6 is 0 Å². The van der Waals surface area contributed by atoms with E-state index in [1.54, 1.807) is 21.7 Å². The van der Waals surface area contributed by atoms with Gasteiger partial charge in [0.1, 0.15) is 0 Å². The van der Waals surface area contributed by atoms with Crippen LogP contribution in [0.3, 0.4) is 0 Å². The maximum absolute atomic E-state index is 10.1. The van der Waals surface area contributed by atoms with Crippen LogP contribution in [-0.2, 0) is 9.59 Å². The number of rotatable bonds is 34. The summed E-state index contributed by atoms with van der Waals surface area (Å²) in [4.78, 5) is 20.2. The van der Waals surface area contributed by atoms with Gasteiger partial charge in [0.05, 0.1) is 0 Å². The van der Waals surface area contributed by atoms with Crippen LogP contribution in [0.5, 0.6) is 0 Å². The maximum atomic E-state index is 10.1. The standard InChI is InChI=1S/2C12H24O2.2C8H17.Sn/c2*1-2-3-4-5-6-7-8-9-10-11-12(13)14;2*1-3-5-7-8-6-4-2;/h2*2-11H2,1H3,(H,13,14);2*1,3-8H2,2H3;/q;;;;+2/p-2. The van der Waals surface area contributed by atoms with E-state index in [9.17, 15) is 19.8 Å². The predicted molar refractivity (Wildman–Crippen MR) is 196 cm³/mol. The van der Waals surface area contributed by atoms with Gasteiger partial charge in [-0.05, 0) is 25.7 Å². The zero-order valence-corrected chi connectivity index (χ0v) is 34.0. The van der Waals surface area contributed by atoms with Crippen molar-refractivity contribution in [2.75, 3.05) is 0 Å². The fourth-order valence-corrected chi connectivity index (χ4v) is 8.91. The van der Waals surface area contributed by atoms with Gasteiger partial charge in [-0.2, -0.15) is 0 Å². The van der Waals surface area contributed by atoms with Crippen LogP contribution < -0.4 is 10.2 Å². The molecule has 0 rings (SSSR count). The summed E-state index contributed by atoms with van der Waals surface area (Å²) < 4.78 is 3.31. The van der Waals surface area contributed by atoms with Crippen molar-refractivity contribution in [3.63, 3.8) is 0 Å². The summed E-state index contributed by atoms with van der Waals surface area (Å²) in [6.45, 7) is 9.05. The van der Waals surface area contributed by atoms with E-state index in [1.165, 1.54) is 154 Å². The van der Waals surface area contributed by atoms with Crippen LogP contribution in [0.2, 0.25) is 8.87 Å². The molecule has 0 aliphatic rings. The second-order valence-electron chi connectivity index (χ2n) is 13.2. The molecule has 5 heteroatoms. The Morgan fingerprint density at radius 1 is 0.333 bits per heavy atom. The van der Waals surface area contributed by atoms with E-state index in [2.05, 4.69) is 27.7 Å². The summed E-state index contributed by atoms with van der Waals surface area (Å²) in [5.41, 5.74) is 0. The predicted octanol–water partition coefficient (Wildman–Crippen LogP) is 11.6. The first-order chi connectivity index (χ1) is 22.0. The van der Waals surface area contributed by atoms with Crippen LogP contribution in [0.15, 0.2) is 0 Å². The summed E-state index contributed by atoms with van der Waals surface area (Å²) in [6, 6.07) is 0. The molecular weight excluding hydrogens is 663 g/mol. The molecule has 0 heterocycles. The van der Waals surface area contributed by atoms with E-state index >= 15 is 0 Å². The molecule has 0 fully saturated rings. The van der Waals surface area contributed by atoms with Gasteiger partial charge in [0.15, 0.2) is 0 Å². The first kappa shape index (κ1) is 49.1. The van der Waals surface area contributed by atoms with Crippen molar-refractivity contribution >= 4 is 33.1 Å². The van der Waals surface area contributed by atoms with Gasteiger partial charge in [0.2, 0.25) is 0 Å². The molecule has 0 saturated heterocycles. The third-order valence-corrected chi connectivity index (χ3v) is 12.4. The number of unbranched alkanes of at least 4 members (excludes halogenated alkanes) is 26. The van der Waals surface area contributed by atoms with Gasteiger partial charge >= 0.3 is 121 Å². The zero-order chi connectivity index (χ0) is 33.9.